The normalized spacial score (nSPS) is 10.3. The summed E-state index contributed by atoms with van der Waals surface area (Å²) in [6.07, 6.45) is 0. The van der Waals surface area contributed by atoms with Gasteiger partial charge in [-0.3, -0.25) is 4.79 Å². The fourth-order valence-corrected chi connectivity index (χ4v) is 2.03. The molecule has 0 atom stereocenters. The van der Waals surface area contributed by atoms with Gasteiger partial charge < -0.3 is 9.84 Å². The van der Waals surface area contributed by atoms with Crippen molar-refractivity contribution in [1.82, 2.24) is 0 Å². The highest BCUT2D eigenvalue weighted by Crippen LogP contribution is 2.22. The number of aromatic hydroxyl groups is 1. The minimum absolute atomic E-state index is 0.0629. The topological polar surface area (TPSA) is 63.6 Å². The number of ether oxygens (including phenoxy) is 1. The van der Waals surface area contributed by atoms with Gasteiger partial charge in [0.05, 0.1) is 0 Å². The number of hydrogen-bond acceptors (Lipinski definition) is 4. The third-order valence-corrected chi connectivity index (χ3v) is 3.62. The lowest BCUT2D eigenvalue weighted by atomic mass is 10.0. The number of esters is 1. The summed E-state index contributed by atoms with van der Waals surface area (Å²) >= 11 is 0. The highest BCUT2D eigenvalue weighted by Gasteiger charge is 2.16. The van der Waals surface area contributed by atoms with Crippen molar-refractivity contribution in [2.75, 3.05) is 6.61 Å². The summed E-state index contributed by atoms with van der Waals surface area (Å²) in [5.41, 5.74) is 3.25. The molecule has 0 aliphatic heterocycles. The Morgan fingerprint density at radius 2 is 1.73 bits per heavy atom. The van der Waals surface area contributed by atoms with Crippen molar-refractivity contribution in [3.05, 3.63) is 64.2 Å². The minimum atomic E-state index is -0.710. The first-order chi connectivity index (χ1) is 10.4. The van der Waals surface area contributed by atoms with Gasteiger partial charge in [0.15, 0.2) is 12.4 Å². The van der Waals surface area contributed by atoms with Gasteiger partial charge in [-0.05, 0) is 49.6 Å². The number of carbonyl (C=O) groups excluding carboxylic acids is 2. The number of benzene rings is 2. The van der Waals surface area contributed by atoms with Gasteiger partial charge in [-0.25, -0.2) is 4.79 Å². The van der Waals surface area contributed by atoms with Crippen LogP contribution in [0.15, 0.2) is 36.4 Å². The van der Waals surface area contributed by atoms with Crippen LogP contribution in [0, 0.1) is 20.8 Å². The Hall–Kier alpha value is -2.62. The number of Topliss-reactive ketones (excluding diaryl/α,β-unsaturated/α-hetero) is 1. The fourth-order valence-electron chi connectivity index (χ4n) is 2.03. The molecule has 2 rings (SSSR count). The molecule has 0 bridgehead atoms. The van der Waals surface area contributed by atoms with E-state index in [9.17, 15) is 14.7 Å². The second kappa shape index (κ2) is 6.43. The number of phenolic OH excluding ortho intramolecular Hbond substituents is 1. The number of rotatable bonds is 4. The van der Waals surface area contributed by atoms with Gasteiger partial charge in [0.1, 0.15) is 11.3 Å². The lowest BCUT2D eigenvalue weighted by Gasteiger charge is -2.08. The second-order valence-electron chi connectivity index (χ2n) is 5.27. The summed E-state index contributed by atoms with van der Waals surface area (Å²) in [6.45, 7) is 5.22. The third kappa shape index (κ3) is 3.34. The van der Waals surface area contributed by atoms with Crippen molar-refractivity contribution in [2.24, 2.45) is 0 Å². The van der Waals surface area contributed by atoms with E-state index in [0.717, 1.165) is 11.1 Å². The van der Waals surface area contributed by atoms with Gasteiger partial charge in [-0.2, -0.15) is 0 Å². The summed E-state index contributed by atoms with van der Waals surface area (Å²) < 4.78 is 5.00. The summed E-state index contributed by atoms with van der Waals surface area (Å²) in [4.78, 5) is 24.0. The Kier molecular flexibility index (Phi) is 4.61. The number of para-hydroxylation sites is 1. The molecule has 0 saturated carbocycles. The van der Waals surface area contributed by atoms with Gasteiger partial charge >= 0.3 is 5.97 Å². The van der Waals surface area contributed by atoms with E-state index in [-0.39, 0.29) is 23.7 Å². The fraction of sp³-hybridized carbons (Fsp3) is 0.222. The average Bonchev–Trinajstić information content (AvgIpc) is 2.50. The number of phenols is 1. The molecule has 0 aromatic heterocycles. The Labute approximate surface area is 129 Å². The van der Waals surface area contributed by atoms with E-state index >= 15 is 0 Å². The molecule has 0 aliphatic rings. The number of ketones is 1. The summed E-state index contributed by atoms with van der Waals surface area (Å²) in [5, 5.41) is 9.83. The van der Waals surface area contributed by atoms with E-state index < -0.39 is 5.97 Å². The maximum Gasteiger partial charge on any atom is 0.342 e. The van der Waals surface area contributed by atoms with Crippen LogP contribution in [0.2, 0.25) is 0 Å². The summed E-state index contributed by atoms with van der Waals surface area (Å²) in [7, 11) is 0. The molecule has 2 aromatic rings. The first-order valence-electron chi connectivity index (χ1n) is 6.96. The van der Waals surface area contributed by atoms with E-state index in [0.29, 0.717) is 11.1 Å². The smallest absolute Gasteiger partial charge is 0.342 e. The maximum atomic E-state index is 12.1. The van der Waals surface area contributed by atoms with Crippen LogP contribution < -0.4 is 0 Å². The monoisotopic (exact) mass is 298 g/mol. The molecular formula is C18H18O4. The molecule has 1 N–H and O–H groups in total. The quantitative estimate of drug-likeness (QED) is 0.694. The lowest BCUT2D eigenvalue weighted by molar-refractivity contribution is 0.0471. The molecule has 4 nitrogen and oxygen atoms in total. The molecule has 22 heavy (non-hydrogen) atoms. The van der Waals surface area contributed by atoms with E-state index in [1.165, 1.54) is 6.07 Å². The Morgan fingerprint density at radius 1 is 1.00 bits per heavy atom. The van der Waals surface area contributed by atoms with Crippen molar-refractivity contribution < 1.29 is 19.4 Å². The van der Waals surface area contributed by atoms with Crippen molar-refractivity contribution in [3.8, 4) is 5.75 Å². The SMILES string of the molecule is Cc1ccc(C(=O)COC(=O)c2cccc(C)c2O)cc1C. The number of carbonyl (C=O) groups is 2. The highest BCUT2D eigenvalue weighted by atomic mass is 16.5. The zero-order valence-corrected chi connectivity index (χ0v) is 12.8. The minimum Gasteiger partial charge on any atom is -0.507 e. The predicted octanol–water partition coefficient (Wildman–Crippen LogP) is 3.36. The zero-order valence-electron chi connectivity index (χ0n) is 12.8. The summed E-state index contributed by atoms with van der Waals surface area (Å²) in [5.74, 6) is -1.10. The van der Waals surface area contributed by atoms with Gasteiger partial charge in [-0.1, -0.05) is 24.3 Å². The molecule has 0 aliphatic carbocycles. The molecule has 0 spiro atoms. The van der Waals surface area contributed by atoms with Crippen molar-refractivity contribution in [2.45, 2.75) is 20.8 Å². The first kappa shape index (κ1) is 15.8. The van der Waals surface area contributed by atoms with Crippen LogP contribution in [0.25, 0.3) is 0 Å². The lowest BCUT2D eigenvalue weighted by Crippen LogP contribution is -2.14. The summed E-state index contributed by atoms with van der Waals surface area (Å²) in [6, 6.07) is 10.1. The van der Waals surface area contributed by atoms with Crippen LogP contribution in [-0.4, -0.2) is 23.5 Å². The molecule has 0 heterocycles. The molecule has 114 valence electrons. The Morgan fingerprint density at radius 3 is 2.41 bits per heavy atom. The largest absolute Gasteiger partial charge is 0.507 e. The Balaban J connectivity index is 2.06. The average molecular weight is 298 g/mol. The van der Waals surface area contributed by atoms with Crippen LogP contribution in [0.4, 0.5) is 0 Å². The van der Waals surface area contributed by atoms with Crippen LogP contribution in [0.5, 0.6) is 5.75 Å². The van der Waals surface area contributed by atoms with Crippen molar-refractivity contribution in [1.29, 1.82) is 0 Å². The highest BCUT2D eigenvalue weighted by molar-refractivity contribution is 6.00. The first-order valence-corrected chi connectivity index (χ1v) is 6.96. The molecule has 4 heteroatoms. The van der Waals surface area contributed by atoms with E-state index in [4.69, 9.17) is 4.74 Å². The Bertz CT molecular complexity index is 732. The number of hydrogen-bond donors (Lipinski definition) is 1. The zero-order chi connectivity index (χ0) is 16.3. The molecule has 2 aromatic carbocycles. The second-order valence-corrected chi connectivity index (χ2v) is 5.27. The predicted molar refractivity (Wildman–Crippen MR) is 83.4 cm³/mol. The van der Waals surface area contributed by atoms with E-state index in [1.54, 1.807) is 31.2 Å². The van der Waals surface area contributed by atoms with Crippen molar-refractivity contribution >= 4 is 11.8 Å². The van der Waals surface area contributed by atoms with Crippen molar-refractivity contribution in [3.63, 3.8) is 0 Å². The van der Waals surface area contributed by atoms with Crippen LogP contribution in [-0.2, 0) is 4.74 Å². The molecule has 0 amide bonds. The van der Waals surface area contributed by atoms with Crippen LogP contribution in [0.1, 0.15) is 37.4 Å². The van der Waals surface area contributed by atoms with E-state index in [1.807, 2.05) is 19.9 Å². The maximum absolute atomic E-state index is 12.1. The van der Waals surface area contributed by atoms with Gasteiger partial charge in [0, 0.05) is 5.56 Å². The third-order valence-electron chi connectivity index (χ3n) is 3.62. The number of aryl methyl sites for hydroxylation is 3. The van der Waals surface area contributed by atoms with E-state index in [2.05, 4.69) is 0 Å². The van der Waals surface area contributed by atoms with Gasteiger partial charge in [-0.15, -0.1) is 0 Å². The van der Waals surface area contributed by atoms with Crippen LogP contribution >= 0.6 is 0 Å². The molecule has 0 radical (unpaired) electrons. The molecular weight excluding hydrogens is 280 g/mol. The van der Waals surface area contributed by atoms with Gasteiger partial charge in [0.2, 0.25) is 0 Å². The van der Waals surface area contributed by atoms with Crippen LogP contribution in [0.3, 0.4) is 0 Å². The standard InChI is InChI=1S/C18H18O4/c1-11-7-8-14(9-13(11)3)16(19)10-22-18(21)15-6-4-5-12(2)17(15)20/h4-9,20H,10H2,1-3H3. The van der Waals surface area contributed by atoms with Gasteiger partial charge in [0.25, 0.3) is 0 Å². The molecule has 0 unspecified atom stereocenters. The molecule has 0 saturated heterocycles. The molecule has 0 fully saturated rings.